The minimum Gasteiger partial charge on any atom is -0.361 e. The first-order chi connectivity index (χ1) is 15.7. The maximum atomic E-state index is 13.3. The number of benzene rings is 1. The van der Waals surface area contributed by atoms with Crippen molar-refractivity contribution in [3.63, 3.8) is 0 Å². The highest BCUT2D eigenvalue weighted by Crippen LogP contribution is 2.28. The summed E-state index contributed by atoms with van der Waals surface area (Å²) in [6, 6.07) is 6.66. The highest BCUT2D eigenvalue weighted by Gasteiger charge is 2.36. The minimum absolute atomic E-state index is 0.0212. The van der Waals surface area contributed by atoms with E-state index in [1.54, 1.807) is 19.1 Å². The topological polar surface area (TPSA) is 142 Å². The number of hydrogen-bond acceptors (Lipinski definition) is 6. The summed E-state index contributed by atoms with van der Waals surface area (Å²) in [7, 11) is 0. The van der Waals surface area contributed by atoms with Crippen LogP contribution >= 0.6 is 0 Å². The first-order valence-electron chi connectivity index (χ1n) is 11.4. The van der Waals surface area contributed by atoms with Crippen LogP contribution in [0.5, 0.6) is 0 Å². The van der Waals surface area contributed by atoms with Crippen molar-refractivity contribution in [2.24, 2.45) is 5.73 Å². The Hall–Kier alpha value is -3.27. The molecule has 1 aliphatic rings. The molecule has 1 aromatic rings. The van der Waals surface area contributed by atoms with Crippen molar-refractivity contribution in [1.29, 1.82) is 0 Å². The Morgan fingerprint density at radius 3 is 2.12 bits per heavy atom. The SMILES string of the molecule is CCC(=O)NC(=O)C(=O)N(c1ccc(C(C)CC)cc1)N(NC(=O)C(N)=O)C1CCCCC1. The molecule has 10 nitrogen and oxygen atoms in total. The Morgan fingerprint density at radius 2 is 1.61 bits per heavy atom. The predicted molar refractivity (Wildman–Crippen MR) is 122 cm³/mol. The van der Waals surface area contributed by atoms with E-state index in [0.717, 1.165) is 36.3 Å². The molecular formula is C23H33N5O5. The van der Waals surface area contributed by atoms with Gasteiger partial charge in [-0.2, -0.15) is 0 Å². The number of hydrogen-bond donors (Lipinski definition) is 3. The van der Waals surface area contributed by atoms with E-state index in [0.29, 0.717) is 18.5 Å². The van der Waals surface area contributed by atoms with Crippen molar-refractivity contribution in [2.75, 3.05) is 5.01 Å². The molecule has 180 valence electrons. The summed E-state index contributed by atoms with van der Waals surface area (Å²) in [5, 5.41) is 4.27. The third kappa shape index (κ3) is 6.85. The lowest BCUT2D eigenvalue weighted by Crippen LogP contribution is -2.64. The maximum absolute atomic E-state index is 13.3. The number of carbonyl (C=O) groups is 5. The largest absolute Gasteiger partial charge is 0.361 e. The zero-order valence-electron chi connectivity index (χ0n) is 19.4. The van der Waals surface area contributed by atoms with E-state index >= 15 is 0 Å². The molecule has 5 amide bonds. The normalized spacial score (nSPS) is 14.9. The van der Waals surface area contributed by atoms with Crippen LogP contribution in [0.1, 0.15) is 77.2 Å². The number of amides is 5. The van der Waals surface area contributed by atoms with Crippen molar-refractivity contribution < 1.29 is 24.0 Å². The minimum atomic E-state index is -1.22. The van der Waals surface area contributed by atoms with Crippen LogP contribution in [0.25, 0.3) is 0 Å². The zero-order chi connectivity index (χ0) is 24.5. The van der Waals surface area contributed by atoms with Crippen molar-refractivity contribution >= 4 is 35.2 Å². The predicted octanol–water partition coefficient (Wildman–Crippen LogP) is 1.65. The Labute approximate surface area is 193 Å². The average molecular weight is 460 g/mol. The lowest BCUT2D eigenvalue weighted by Gasteiger charge is -2.40. The zero-order valence-corrected chi connectivity index (χ0v) is 19.4. The van der Waals surface area contributed by atoms with Gasteiger partial charge >= 0.3 is 23.6 Å². The van der Waals surface area contributed by atoms with Gasteiger partial charge in [-0.15, -0.1) is 5.12 Å². The van der Waals surface area contributed by atoms with Crippen LogP contribution in [-0.2, 0) is 24.0 Å². The molecule has 10 heteroatoms. The molecule has 0 aliphatic heterocycles. The molecule has 33 heavy (non-hydrogen) atoms. The Morgan fingerprint density at radius 1 is 1.00 bits per heavy atom. The Balaban J connectivity index is 2.51. The van der Waals surface area contributed by atoms with Crippen LogP contribution in [0.4, 0.5) is 5.69 Å². The molecule has 0 aromatic heterocycles. The lowest BCUT2D eigenvalue weighted by molar-refractivity contribution is -0.146. The highest BCUT2D eigenvalue weighted by atomic mass is 16.2. The van der Waals surface area contributed by atoms with Crippen molar-refractivity contribution in [1.82, 2.24) is 15.9 Å². The van der Waals surface area contributed by atoms with Gasteiger partial charge in [-0.3, -0.25) is 34.7 Å². The van der Waals surface area contributed by atoms with Crippen LogP contribution in [0, 0.1) is 0 Å². The average Bonchev–Trinajstić information content (AvgIpc) is 2.83. The molecule has 1 unspecified atom stereocenters. The fourth-order valence-electron chi connectivity index (χ4n) is 3.67. The fraction of sp³-hybridized carbons (Fsp3) is 0.522. The molecule has 0 heterocycles. The van der Waals surface area contributed by atoms with Gasteiger partial charge in [0.25, 0.3) is 0 Å². The standard InChI is InChI=1S/C23H33N5O5/c1-4-15(3)16-11-13-17(14-12-16)27(23(33)22(32)25-19(29)5-2)28(26-21(31)20(24)30)18-9-7-6-8-10-18/h11-15,18H,4-10H2,1-3H3,(H2,24,30)(H,26,31)(H,25,29,32). The van der Waals surface area contributed by atoms with Gasteiger partial charge in [-0.25, -0.2) is 5.01 Å². The molecule has 1 saturated carbocycles. The second-order valence-electron chi connectivity index (χ2n) is 8.19. The summed E-state index contributed by atoms with van der Waals surface area (Å²) < 4.78 is 0. The number of rotatable bonds is 7. The van der Waals surface area contributed by atoms with Gasteiger partial charge < -0.3 is 5.73 Å². The Kier molecular flexibility index (Phi) is 9.53. The van der Waals surface area contributed by atoms with Gasteiger partial charge in [0, 0.05) is 6.42 Å². The molecular weight excluding hydrogens is 426 g/mol. The quantitative estimate of drug-likeness (QED) is 0.418. The molecule has 0 saturated heterocycles. The number of nitrogens with one attached hydrogen (secondary N) is 2. The number of anilines is 1. The Bertz CT molecular complexity index is 880. The van der Waals surface area contributed by atoms with Crippen LogP contribution in [-0.4, -0.2) is 40.7 Å². The number of carbonyl (C=O) groups excluding carboxylic acids is 5. The van der Waals surface area contributed by atoms with E-state index in [4.69, 9.17) is 5.73 Å². The fourth-order valence-corrected chi connectivity index (χ4v) is 3.67. The van der Waals surface area contributed by atoms with Crippen molar-refractivity contribution in [2.45, 2.75) is 77.7 Å². The van der Waals surface area contributed by atoms with Crippen LogP contribution < -0.4 is 21.5 Å². The highest BCUT2D eigenvalue weighted by molar-refractivity contribution is 6.42. The van der Waals surface area contributed by atoms with Gasteiger partial charge in [0.05, 0.1) is 11.7 Å². The summed E-state index contributed by atoms with van der Waals surface area (Å²) >= 11 is 0. The number of imide groups is 1. The van der Waals surface area contributed by atoms with Crippen molar-refractivity contribution in [3.05, 3.63) is 29.8 Å². The summed E-state index contributed by atoms with van der Waals surface area (Å²) in [6.45, 7) is 5.69. The first-order valence-corrected chi connectivity index (χ1v) is 11.4. The number of nitrogens with zero attached hydrogens (tertiary/aromatic N) is 2. The third-order valence-electron chi connectivity index (χ3n) is 5.86. The summed E-state index contributed by atoms with van der Waals surface area (Å²) in [5.74, 6) is -4.85. The van der Waals surface area contributed by atoms with Crippen LogP contribution in [0.15, 0.2) is 24.3 Å². The van der Waals surface area contributed by atoms with E-state index in [2.05, 4.69) is 24.6 Å². The smallest absolute Gasteiger partial charge is 0.332 e. The van der Waals surface area contributed by atoms with Gasteiger partial charge in [0.1, 0.15) is 0 Å². The lowest BCUT2D eigenvalue weighted by atomic mass is 9.95. The third-order valence-corrected chi connectivity index (χ3v) is 5.86. The summed E-state index contributed by atoms with van der Waals surface area (Å²) in [4.78, 5) is 61.3. The number of primary amides is 1. The maximum Gasteiger partial charge on any atom is 0.332 e. The monoisotopic (exact) mass is 459 g/mol. The molecule has 1 aromatic carbocycles. The second kappa shape index (κ2) is 12.1. The van der Waals surface area contributed by atoms with E-state index in [9.17, 15) is 24.0 Å². The second-order valence-corrected chi connectivity index (χ2v) is 8.19. The number of hydrazine groups is 2. The summed E-state index contributed by atoms with van der Waals surface area (Å²) in [6.07, 6.45) is 4.90. The van der Waals surface area contributed by atoms with Crippen LogP contribution in [0.3, 0.4) is 0 Å². The molecule has 2 rings (SSSR count). The van der Waals surface area contributed by atoms with Gasteiger partial charge in [-0.1, -0.05) is 52.2 Å². The molecule has 1 fully saturated rings. The molecule has 1 atom stereocenters. The van der Waals surface area contributed by atoms with E-state index < -0.39 is 29.5 Å². The van der Waals surface area contributed by atoms with Crippen molar-refractivity contribution in [3.8, 4) is 0 Å². The van der Waals surface area contributed by atoms with Gasteiger partial charge in [0.2, 0.25) is 5.91 Å². The molecule has 0 bridgehead atoms. The number of nitrogens with two attached hydrogens (primary N) is 1. The molecule has 1 aliphatic carbocycles. The molecule has 0 radical (unpaired) electrons. The molecule has 4 N–H and O–H groups in total. The van der Waals surface area contributed by atoms with E-state index in [1.807, 2.05) is 12.1 Å². The van der Waals surface area contributed by atoms with Gasteiger partial charge in [-0.05, 0) is 42.9 Å². The van der Waals surface area contributed by atoms with E-state index in [-0.39, 0.29) is 18.4 Å². The van der Waals surface area contributed by atoms with E-state index in [1.165, 1.54) is 5.12 Å². The summed E-state index contributed by atoms with van der Waals surface area (Å²) in [5.41, 5.74) is 8.89. The van der Waals surface area contributed by atoms with Gasteiger partial charge in [0.15, 0.2) is 0 Å². The van der Waals surface area contributed by atoms with Crippen LogP contribution in [0.2, 0.25) is 0 Å². The molecule has 0 spiro atoms. The first kappa shape index (κ1) is 26.0.